The van der Waals surface area contributed by atoms with Gasteiger partial charge in [0.25, 0.3) is 0 Å². The van der Waals surface area contributed by atoms with E-state index in [-0.39, 0.29) is 11.4 Å². The first-order valence-corrected chi connectivity index (χ1v) is 15.1. The van der Waals surface area contributed by atoms with Crippen LogP contribution in [-0.2, 0) is 16.0 Å². The van der Waals surface area contributed by atoms with Crippen molar-refractivity contribution in [3.8, 4) is 0 Å². The number of nitrogens with one attached hydrogen (secondary N) is 1. The summed E-state index contributed by atoms with van der Waals surface area (Å²) in [7, 11) is 0. The molecule has 6 rings (SSSR count). The number of anilines is 2. The molecular weight excluding hydrogens is 502 g/mol. The number of carbonyl (C=O) groups excluding carboxylic acids is 1. The van der Waals surface area contributed by atoms with E-state index in [0.29, 0.717) is 28.9 Å². The molecule has 7 atom stereocenters. The molecule has 1 N–H and O–H groups in total. The molecule has 0 aromatic carbocycles. The smallest absolute Gasteiger partial charge is 0.302 e. The molecule has 0 saturated heterocycles. The Morgan fingerprint density at radius 3 is 2.89 bits per heavy atom. The number of nitrogens with zero attached hydrogens (tertiary/aromatic N) is 2. The van der Waals surface area contributed by atoms with Gasteiger partial charge in [0.1, 0.15) is 5.82 Å². The fraction of sp³-hybridized carbons (Fsp3) is 0.633. The summed E-state index contributed by atoms with van der Waals surface area (Å²) in [5.74, 6) is 3.90. The molecule has 37 heavy (non-hydrogen) atoms. The summed E-state index contributed by atoms with van der Waals surface area (Å²) < 4.78 is 5.44. The van der Waals surface area contributed by atoms with E-state index in [1.165, 1.54) is 56.0 Å². The van der Waals surface area contributed by atoms with Crippen LogP contribution < -0.4 is 5.32 Å². The van der Waals surface area contributed by atoms with Gasteiger partial charge < -0.3 is 10.1 Å². The van der Waals surface area contributed by atoms with Crippen LogP contribution in [0, 0.1) is 40.4 Å². The Labute approximate surface area is 229 Å². The summed E-state index contributed by atoms with van der Waals surface area (Å²) in [6, 6.07) is 3.63. The lowest BCUT2D eigenvalue weighted by Gasteiger charge is -2.57. The standard InChI is InChI=1S/C30H38ClN3O2S/c1-17(16-36-18(2)35)21-7-8-22-20-5-6-24-27-25(10-13-30(24,4)23(20)9-12-29(21,22)3)33-28(37-27)34-26-15-19(31)11-14-32-26/h6,11,14-15,17,20-23H,5,7-10,12-13,16H2,1-4H3,(H,32,33,34)/t17-,20+,21-,22+,23+,29-,30-/m1/s1. The zero-order valence-electron chi connectivity index (χ0n) is 22.4. The minimum atomic E-state index is -0.157. The Kier molecular flexibility index (Phi) is 6.42. The van der Waals surface area contributed by atoms with E-state index in [0.717, 1.165) is 35.1 Å². The number of pyridine rings is 1. The number of esters is 1. The number of rotatable bonds is 5. The predicted molar refractivity (Wildman–Crippen MR) is 150 cm³/mol. The van der Waals surface area contributed by atoms with Crippen LogP contribution in [0.1, 0.15) is 76.8 Å². The van der Waals surface area contributed by atoms with Gasteiger partial charge in [-0.15, -0.1) is 0 Å². The summed E-state index contributed by atoms with van der Waals surface area (Å²) in [4.78, 5) is 22.2. The Balaban J connectivity index is 1.25. The topological polar surface area (TPSA) is 64.1 Å². The van der Waals surface area contributed by atoms with Crippen molar-refractivity contribution in [2.24, 2.45) is 40.4 Å². The summed E-state index contributed by atoms with van der Waals surface area (Å²) in [6.07, 6.45) is 12.9. The van der Waals surface area contributed by atoms with E-state index in [2.05, 4.69) is 37.1 Å². The number of allylic oxidation sites excluding steroid dienone is 2. The Morgan fingerprint density at radius 2 is 2.11 bits per heavy atom. The highest BCUT2D eigenvalue weighted by atomic mass is 35.5. The lowest BCUT2D eigenvalue weighted by molar-refractivity contribution is -0.143. The first kappa shape index (κ1) is 25.4. The monoisotopic (exact) mass is 539 g/mol. The molecule has 2 fully saturated rings. The number of hydrogen-bond acceptors (Lipinski definition) is 6. The van der Waals surface area contributed by atoms with Crippen molar-refractivity contribution >= 4 is 45.4 Å². The number of aromatic nitrogens is 2. The molecule has 0 bridgehead atoms. The first-order chi connectivity index (χ1) is 17.7. The summed E-state index contributed by atoms with van der Waals surface area (Å²) >= 11 is 7.94. The van der Waals surface area contributed by atoms with E-state index in [9.17, 15) is 4.79 Å². The molecule has 2 aromatic heterocycles. The van der Waals surface area contributed by atoms with Crippen LogP contribution in [0.3, 0.4) is 0 Å². The molecule has 2 aromatic rings. The fourth-order valence-corrected chi connectivity index (χ4v) is 10.2. The van der Waals surface area contributed by atoms with Gasteiger partial charge in [0.05, 0.1) is 17.2 Å². The Morgan fingerprint density at radius 1 is 1.27 bits per heavy atom. The average Bonchev–Trinajstić information content (AvgIpc) is 3.42. The molecule has 2 heterocycles. The van der Waals surface area contributed by atoms with Crippen LogP contribution >= 0.6 is 22.9 Å². The van der Waals surface area contributed by atoms with Crippen molar-refractivity contribution in [3.05, 3.63) is 40.0 Å². The fourth-order valence-electron chi connectivity index (χ4n) is 8.85. The summed E-state index contributed by atoms with van der Waals surface area (Å²) in [5.41, 5.74) is 3.35. The lowest BCUT2D eigenvalue weighted by atomic mass is 9.47. The van der Waals surface area contributed by atoms with Crippen molar-refractivity contribution in [1.82, 2.24) is 9.97 Å². The van der Waals surface area contributed by atoms with Crippen LogP contribution in [0.2, 0.25) is 5.02 Å². The average molecular weight is 540 g/mol. The van der Waals surface area contributed by atoms with Gasteiger partial charge in [0, 0.05) is 18.1 Å². The zero-order valence-corrected chi connectivity index (χ0v) is 23.9. The van der Waals surface area contributed by atoms with Gasteiger partial charge in [-0.3, -0.25) is 4.79 Å². The molecule has 2 saturated carbocycles. The second-order valence-corrected chi connectivity index (χ2v) is 13.9. The maximum Gasteiger partial charge on any atom is 0.302 e. The third-order valence-electron chi connectivity index (χ3n) is 10.6. The molecule has 0 amide bonds. The number of halogens is 1. The second-order valence-electron chi connectivity index (χ2n) is 12.4. The third-order valence-corrected chi connectivity index (χ3v) is 11.8. The van der Waals surface area contributed by atoms with Gasteiger partial charge in [-0.05, 0) is 103 Å². The minimum absolute atomic E-state index is 0.157. The van der Waals surface area contributed by atoms with E-state index < -0.39 is 0 Å². The predicted octanol–water partition coefficient (Wildman–Crippen LogP) is 7.93. The van der Waals surface area contributed by atoms with Gasteiger partial charge in [0.2, 0.25) is 0 Å². The lowest BCUT2D eigenvalue weighted by Crippen LogP contribution is -2.50. The number of aryl methyl sites for hydroxylation is 1. The quantitative estimate of drug-likeness (QED) is 0.391. The highest BCUT2D eigenvalue weighted by molar-refractivity contribution is 7.16. The molecule has 4 aliphatic carbocycles. The van der Waals surface area contributed by atoms with Crippen molar-refractivity contribution in [1.29, 1.82) is 0 Å². The van der Waals surface area contributed by atoms with Crippen LogP contribution in [0.4, 0.5) is 10.9 Å². The molecular formula is C30H38ClN3O2S. The summed E-state index contributed by atoms with van der Waals surface area (Å²) in [5, 5.41) is 4.97. The van der Waals surface area contributed by atoms with Crippen LogP contribution in [0.5, 0.6) is 0 Å². The maximum absolute atomic E-state index is 11.4. The number of fused-ring (bicyclic) bond motifs is 7. The van der Waals surface area contributed by atoms with Crippen molar-refractivity contribution in [3.63, 3.8) is 0 Å². The molecule has 0 unspecified atom stereocenters. The van der Waals surface area contributed by atoms with Crippen molar-refractivity contribution < 1.29 is 9.53 Å². The molecule has 0 radical (unpaired) electrons. The molecule has 0 spiro atoms. The first-order valence-electron chi connectivity index (χ1n) is 13.9. The molecule has 5 nitrogen and oxygen atoms in total. The number of thiazole rings is 1. The highest BCUT2D eigenvalue weighted by Gasteiger charge is 2.59. The van der Waals surface area contributed by atoms with Gasteiger partial charge >= 0.3 is 5.97 Å². The van der Waals surface area contributed by atoms with Crippen LogP contribution in [0.15, 0.2) is 24.4 Å². The van der Waals surface area contributed by atoms with Crippen molar-refractivity contribution in [2.75, 3.05) is 11.9 Å². The normalized spacial score (nSPS) is 34.9. The van der Waals surface area contributed by atoms with Crippen LogP contribution in [0.25, 0.3) is 5.57 Å². The molecule has 0 aliphatic heterocycles. The Hall–Kier alpha value is -1.92. The van der Waals surface area contributed by atoms with Crippen molar-refractivity contribution in [2.45, 2.75) is 72.6 Å². The minimum Gasteiger partial charge on any atom is -0.466 e. The summed E-state index contributed by atoms with van der Waals surface area (Å²) in [6.45, 7) is 9.48. The largest absolute Gasteiger partial charge is 0.466 e. The Bertz CT molecular complexity index is 1240. The van der Waals surface area contributed by atoms with E-state index in [1.807, 2.05) is 6.07 Å². The van der Waals surface area contributed by atoms with E-state index >= 15 is 0 Å². The second kappa shape index (κ2) is 9.37. The number of hydrogen-bond donors (Lipinski definition) is 1. The van der Waals surface area contributed by atoms with Gasteiger partial charge in [0.15, 0.2) is 5.13 Å². The molecule has 198 valence electrons. The van der Waals surface area contributed by atoms with E-state index in [1.54, 1.807) is 29.2 Å². The maximum atomic E-state index is 11.4. The molecule has 4 aliphatic rings. The zero-order chi connectivity index (χ0) is 25.9. The highest BCUT2D eigenvalue weighted by Crippen LogP contribution is 2.68. The van der Waals surface area contributed by atoms with Gasteiger partial charge in [-0.1, -0.05) is 49.8 Å². The SMILES string of the molecule is CC(=O)OC[C@@H](C)[C@H]1CC[C@H]2[C@@H]3CC=C4c5sc(Nc6cc(Cl)ccn6)nc5CC[C@]4(C)[C@H]3CC[C@]12C. The van der Waals surface area contributed by atoms with Gasteiger partial charge in [-0.25, -0.2) is 9.97 Å². The van der Waals surface area contributed by atoms with Gasteiger partial charge in [-0.2, -0.15) is 0 Å². The number of carbonyl (C=O) groups is 1. The number of ether oxygens (including phenoxy) is 1. The van der Waals surface area contributed by atoms with E-state index in [4.69, 9.17) is 21.3 Å². The third kappa shape index (κ3) is 4.23. The molecule has 7 heteroatoms. The van der Waals surface area contributed by atoms with Crippen LogP contribution in [-0.4, -0.2) is 22.5 Å².